The van der Waals surface area contributed by atoms with Gasteiger partial charge in [0.15, 0.2) is 5.58 Å². The van der Waals surface area contributed by atoms with Crippen molar-refractivity contribution in [3.63, 3.8) is 0 Å². The zero-order valence-corrected chi connectivity index (χ0v) is 10.4. The van der Waals surface area contributed by atoms with Crippen LogP contribution in [0.3, 0.4) is 0 Å². The third kappa shape index (κ3) is 2.07. The topological polar surface area (TPSA) is 59.2 Å². The lowest BCUT2D eigenvalue weighted by Gasteiger charge is -2.24. The van der Waals surface area contributed by atoms with Gasteiger partial charge in [-0.1, -0.05) is 6.07 Å². The minimum atomic E-state index is -0.306. The first kappa shape index (κ1) is 11.5. The summed E-state index contributed by atoms with van der Waals surface area (Å²) in [4.78, 5) is 11.4. The summed E-state index contributed by atoms with van der Waals surface area (Å²) in [5.41, 5.74) is 2.71. The summed E-state index contributed by atoms with van der Waals surface area (Å²) in [6.45, 7) is 3.02. The van der Waals surface area contributed by atoms with Gasteiger partial charge in [-0.2, -0.15) is 0 Å². The highest BCUT2D eigenvalue weighted by Crippen LogP contribution is 2.15. The third-order valence-electron chi connectivity index (χ3n) is 3.46. The molecule has 2 aromatic rings. The van der Waals surface area contributed by atoms with Crippen LogP contribution in [0.2, 0.25) is 0 Å². The molecule has 96 valence electrons. The number of oxazole rings is 1. The molecule has 0 bridgehead atoms. The summed E-state index contributed by atoms with van der Waals surface area (Å²) in [5, 5.41) is 6.84. The van der Waals surface area contributed by atoms with Gasteiger partial charge in [0.1, 0.15) is 0 Å². The third-order valence-corrected chi connectivity index (χ3v) is 3.46. The van der Waals surface area contributed by atoms with E-state index in [0.717, 1.165) is 31.6 Å². The average Bonchev–Trinajstić information content (AvgIpc) is 2.66. The van der Waals surface area contributed by atoms with Crippen LogP contribution in [0.1, 0.15) is 5.56 Å². The lowest BCUT2D eigenvalue weighted by atomic mass is 10.0. The predicted octanol–water partition coefficient (Wildman–Crippen LogP) is 0.235. The maximum atomic E-state index is 11.4. The molecule has 2 heterocycles. The van der Waals surface area contributed by atoms with Crippen molar-refractivity contribution in [2.75, 3.05) is 19.6 Å². The van der Waals surface area contributed by atoms with Gasteiger partial charge in [-0.15, -0.1) is 0 Å². The van der Waals surface area contributed by atoms with Gasteiger partial charge < -0.3 is 15.1 Å². The average molecular weight is 247 g/mol. The molecule has 1 aromatic carbocycles. The molecule has 1 unspecified atom stereocenters. The molecule has 0 spiro atoms. The SMILES string of the molecule is Cn1c(=O)oc2cc(CC3CNCCN3)ccc21. The van der Waals surface area contributed by atoms with Crippen LogP contribution in [-0.4, -0.2) is 30.2 Å². The fourth-order valence-corrected chi connectivity index (χ4v) is 2.45. The summed E-state index contributed by atoms with van der Waals surface area (Å²) in [6.07, 6.45) is 0.946. The molecule has 1 fully saturated rings. The Labute approximate surface area is 105 Å². The van der Waals surface area contributed by atoms with Crippen molar-refractivity contribution in [2.24, 2.45) is 7.05 Å². The van der Waals surface area contributed by atoms with Crippen LogP contribution in [0.5, 0.6) is 0 Å². The lowest BCUT2D eigenvalue weighted by molar-refractivity contribution is 0.416. The second-order valence-corrected chi connectivity index (χ2v) is 4.79. The summed E-state index contributed by atoms with van der Waals surface area (Å²) in [7, 11) is 1.72. The molecule has 1 saturated heterocycles. The van der Waals surface area contributed by atoms with Gasteiger partial charge in [0.05, 0.1) is 5.52 Å². The van der Waals surface area contributed by atoms with E-state index < -0.39 is 0 Å². The normalized spacial score (nSPS) is 20.4. The van der Waals surface area contributed by atoms with Gasteiger partial charge in [0, 0.05) is 32.7 Å². The van der Waals surface area contributed by atoms with Crippen molar-refractivity contribution in [3.8, 4) is 0 Å². The first-order chi connectivity index (χ1) is 8.74. The number of nitrogens with one attached hydrogen (secondary N) is 2. The van der Waals surface area contributed by atoms with Gasteiger partial charge in [0.2, 0.25) is 0 Å². The Balaban J connectivity index is 1.86. The fourth-order valence-electron chi connectivity index (χ4n) is 2.45. The maximum Gasteiger partial charge on any atom is 0.419 e. The van der Waals surface area contributed by atoms with Crippen molar-refractivity contribution in [1.29, 1.82) is 0 Å². The van der Waals surface area contributed by atoms with Crippen LogP contribution in [0.15, 0.2) is 27.4 Å². The summed E-state index contributed by atoms with van der Waals surface area (Å²) in [6, 6.07) is 6.43. The van der Waals surface area contributed by atoms with Gasteiger partial charge in [-0.25, -0.2) is 4.79 Å². The molecule has 3 rings (SSSR count). The Morgan fingerprint density at radius 3 is 3.11 bits per heavy atom. The zero-order chi connectivity index (χ0) is 12.5. The summed E-state index contributed by atoms with van der Waals surface area (Å²) in [5.74, 6) is -0.306. The van der Waals surface area contributed by atoms with E-state index in [9.17, 15) is 4.79 Å². The Kier molecular flexibility index (Phi) is 2.93. The summed E-state index contributed by atoms with van der Waals surface area (Å²) < 4.78 is 6.73. The Bertz CT molecular complexity index is 608. The maximum absolute atomic E-state index is 11.4. The first-order valence-electron chi connectivity index (χ1n) is 6.26. The van der Waals surface area contributed by atoms with Gasteiger partial charge in [-0.3, -0.25) is 4.57 Å². The number of benzene rings is 1. The smallest absolute Gasteiger partial charge is 0.408 e. The van der Waals surface area contributed by atoms with E-state index in [1.165, 1.54) is 10.1 Å². The van der Waals surface area contributed by atoms with Crippen LogP contribution >= 0.6 is 0 Å². The van der Waals surface area contributed by atoms with Crippen LogP contribution in [0.25, 0.3) is 11.1 Å². The molecule has 1 atom stereocenters. The molecule has 5 nitrogen and oxygen atoms in total. The standard InChI is InChI=1S/C13H17N3O2/c1-16-11-3-2-9(7-12(11)18-13(16)17)6-10-8-14-4-5-15-10/h2-3,7,10,14-15H,4-6,8H2,1H3. The Morgan fingerprint density at radius 2 is 2.33 bits per heavy atom. The second kappa shape index (κ2) is 4.59. The summed E-state index contributed by atoms with van der Waals surface area (Å²) >= 11 is 0. The highest BCUT2D eigenvalue weighted by atomic mass is 16.4. The van der Waals surface area contributed by atoms with E-state index in [4.69, 9.17) is 4.42 Å². The Morgan fingerprint density at radius 1 is 1.44 bits per heavy atom. The molecule has 1 aliphatic heterocycles. The van der Waals surface area contributed by atoms with Crippen LogP contribution in [0, 0.1) is 0 Å². The van der Waals surface area contributed by atoms with Gasteiger partial charge >= 0.3 is 5.76 Å². The van der Waals surface area contributed by atoms with Crippen molar-refractivity contribution in [3.05, 3.63) is 34.3 Å². The number of nitrogens with zero attached hydrogens (tertiary/aromatic N) is 1. The largest absolute Gasteiger partial charge is 0.419 e. The molecule has 0 aliphatic carbocycles. The predicted molar refractivity (Wildman–Crippen MR) is 69.8 cm³/mol. The number of hydrogen-bond acceptors (Lipinski definition) is 4. The number of aromatic nitrogens is 1. The number of aryl methyl sites for hydroxylation is 1. The molecule has 1 aromatic heterocycles. The van der Waals surface area contributed by atoms with Crippen LogP contribution < -0.4 is 16.4 Å². The van der Waals surface area contributed by atoms with Crippen molar-refractivity contribution in [2.45, 2.75) is 12.5 Å². The van der Waals surface area contributed by atoms with Crippen molar-refractivity contribution in [1.82, 2.24) is 15.2 Å². The van der Waals surface area contributed by atoms with E-state index in [0.29, 0.717) is 11.6 Å². The molecule has 0 amide bonds. The number of hydrogen-bond donors (Lipinski definition) is 2. The van der Waals surface area contributed by atoms with E-state index in [-0.39, 0.29) is 5.76 Å². The van der Waals surface area contributed by atoms with Gasteiger partial charge in [-0.05, 0) is 24.1 Å². The molecule has 0 saturated carbocycles. The van der Waals surface area contributed by atoms with Crippen LogP contribution in [0.4, 0.5) is 0 Å². The molecule has 0 radical (unpaired) electrons. The zero-order valence-electron chi connectivity index (χ0n) is 10.4. The molecule has 18 heavy (non-hydrogen) atoms. The van der Waals surface area contributed by atoms with Gasteiger partial charge in [0.25, 0.3) is 0 Å². The van der Waals surface area contributed by atoms with E-state index in [2.05, 4.69) is 16.7 Å². The first-order valence-corrected chi connectivity index (χ1v) is 6.26. The molecule has 2 N–H and O–H groups in total. The number of piperazine rings is 1. The van der Waals surface area contributed by atoms with E-state index in [1.807, 2.05) is 12.1 Å². The fraction of sp³-hybridized carbons (Fsp3) is 0.462. The molecular formula is C13H17N3O2. The van der Waals surface area contributed by atoms with Crippen molar-refractivity contribution >= 4 is 11.1 Å². The van der Waals surface area contributed by atoms with Crippen molar-refractivity contribution < 1.29 is 4.42 Å². The second-order valence-electron chi connectivity index (χ2n) is 4.79. The Hall–Kier alpha value is -1.59. The number of rotatable bonds is 2. The molecular weight excluding hydrogens is 230 g/mol. The minimum absolute atomic E-state index is 0.306. The minimum Gasteiger partial charge on any atom is -0.408 e. The number of fused-ring (bicyclic) bond motifs is 1. The highest BCUT2D eigenvalue weighted by Gasteiger charge is 2.13. The quantitative estimate of drug-likeness (QED) is 0.798. The van der Waals surface area contributed by atoms with E-state index in [1.54, 1.807) is 7.05 Å². The molecule has 5 heteroatoms. The molecule has 1 aliphatic rings. The van der Waals surface area contributed by atoms with E-state index >= 15 is 0 Å². The van der Waals surface area contributed by atoms with Crippen LogP contribution in [-0.2, 0) is 13.5 Å². The monoisotopic (exact) mass is 247 g/mol. The highest BCUT2D eigenvalue weighted by molar-refractivity contribution is 5.73. The lowest BCUT2D eigenvalue weighted by Crippen LogP contribution is -2.49.